The van der Waals surface area contributed by atoms with Crippen molar-refractivity contribution in [3.05, 3.63) is 24.3 Å². The summed E-state index contributed by atoms with van der Waals surface area (Å²) in [6.07, 6.45) is 0.820. The molecule has 0 radical (unpaired) electrons. The normalized spacial score (nSPS) is 24.6. The molecule has 0 bridgehead atoms. The van der Waals surface area contributed by atoms with E-state index in [1.807, 2.05) is 24.3 Å². The van der Waals surface area contributed by atoms with Gasteiger partial charge in [-0.2, -0.15) is 0 Å². The van der Waals surface area contributed by atoms with E-state index in [1.54, 1.807) is 7.11 Å². The van der Waals surface area contributed by atoms with Gasteiger partial charge in [-0.25, -0.2) is 0 Å². The second kappa shape index (κ2) is 7.66. The molecular formula is C17H27NO3. The zero-order valence-corrected chi connectivity index (χ0v) is 13.3. The standard InChI is InChI=1S/C17H27NO3/c1-13-7-14(2)10-18(9-13)11-15(19)12-21-17-6-4-5-16(8-17)20-3/h4-6,8,13-15,19H,7,9-12H2,1-3H3/t13-,14-,15-/m0/s1. The molecule has 4 nitrogen and oxygen atoms in total. The maximum Gasteiger partial charge on any atom is 0.123 e. The van der Waals surface area contributed by atoms with Crippen LogP contribution in [-0.2, 0) is 0 Å². The van der Waals surface area contributed by atoms with Crippen molar-refractivity contribution in [2.24, 2.45) is 11.8 Å². The second-order valence-corrected chi connectivity index (χ2v) is 6.31. The Labute approximate surface area is 127 Å². The maximum absolute atomic E-state index is 10.2. The van der Waals surface area contributed by atoms with E-state index in [1.165, 1.54) is 6.42 Å². The van der Waals surface area contributed by atoms with Gasteiger partial charge in [-0.1, -0.05) is 19.9 Å². The number of hydrogen-bond acceptors (Lipinski definition) is 4. The van der Waals surface area contributed by atoms with Crippen LogP contribution in [0, 0.1) is 11.8 Å². The van der Waals surface area contributed by atoms with Gasteiger partial charge in [-0.15, -0.1) is 0 Å². The summed E-state index contributed by atoms with van der Waals surface area (Å²) in [7, 11) is 1.63. The van der Waals surface area contributed by atoms with E-state index in [9.17, 15) is 5.11 Å². The number of rotatable bonds is 6. The molecule has 0 saturated carbocycles. The summed E-state index contributed by atoms with van der Waals surface area (Å²) in [6.45, 7) is 7.69. The third-order valence-corrected chi connectivity index (χ3v) is 3.90. The molecule has 1 saturated heterocycles. The second-order valence-electron chi connectivity index (χ2n) is 6.31. The van der Waals surface area contributed by atoms with Crippen molar-refractivity contribution in [1.82, 2.24) is 4.90 Å². The fourth-order valence-corrected chi connectivity index (χ4v) is 3.18. The van der Waals surface area contributed by atoms with Gasteiger partial charge in [-0.3, -0.25) is 0 Å². The molecular weight excluding hydrogens is 266 g/mol. The minimum Gasteiger partial charge on any atom is -0.497 e. The van der Waals surface area contributed by atoms with E-state index in [0.717, 1.165) is 24.6 Å². The monoisotopic (exact) mass is 293 g/mol. The number of aliphatic hydroxyl groups excluding tert-OH is 1. The molecule has 0 amide bonds. The highest BCUT2D eigenvalue weighted by atomic mass is 16.5. The molecule has 1 N–H and O–H groups in total. The van der Waals surface area contributed by atoms with Crippen LogP contribution in [0.2, 0.25) is 0 Å². The number of ether oxygens (including phenoxy) is 2. The molecule has 0 spiro atoms. The number of methoxy groups -OCH3 is 1. The molecule has 118 valence electrons. The van der Waals surface area contributed by atoms with Gasteiger partial charge >= 0.3 is 0 Å². The summed E-state index contributed by atoms with van der Waals surface area (Å²) >= 11 is 0. The minimum absolute atomic E-state index is 0.312. The molecule has 1 aromatic rings. The van der Waals surface area contributed by atoms with Gasteiger partial charge in [0.1, 0.15) is 24.2 Å². The lowest BCUT2D eigenvalue weighted by molar-refractivity contribution is 0.0428. The van der Waals surface area contributed by atoms with Gasteiger partial charge in [0, 0.05) is 25.7 Å². The van der Waals surface area contributed by atoms with Crippen LogP contribution in [0.1, 0.15) is 20.3 Å². The van der Waals surface area contributed by atoms with Crippen molar-refractivity contribution >= 4 is 0 Å². The van der Waals surface area contributed by atoms with Crippen molar-refractivity contribution in [3.63, 3.8) is 0 Å². The molecule has 4 heteroatoms. The van der Waals surface area contributed by atoms with Crippen LogP contribution in [0.5, 0.6) is 11.5 Å². The number of β-amino-alcohol motifs (C(OH)–C–C–N with tert-alkyl or cyclic N) is 1. The molecule has 1 aliphatic heterocycles. The summed E-state index contributed by atoms with van der Waals surface area (Å²) in [4.78, 5) is 2.35. The topological polar surface area (TPSA) is 41.9 Å². The highest BCUT2D eigenvalue weighted by Gasteiger charge is 2.23. The first-order valence-corrected chi connectivity index (χ1v) is 7.74. The lowest BCUT2D eigenvalue weighted by Gasteiger charge is -2.35. The molecule has 0 unspecified atom stereocenters. The zero-order valence-electron chi connectivity index (χ0n) is 13.3. The molecule has 1 fully saturated rings. The molecule has 0 aromatic heterocycles. The Balaban J connectivity index is 1.77. The average Bonchev–Trinajstić information content (AvgIpc) is 2.44. The first kappa shape index (κ1) is 16.1. The molecule has 1 heterocycles. The lowest BCUT2D eigenvalue weighted by Crippen LogP contribution is -2.43. The Bertz CT molecular complexity index is 428. The molecule has 2 rings (SSSR count). The zero-order chi connectivity index (χ0) is 15.2. The predicted octanol–water partition coefficient (Wildman–Crippen LogP) is 2.41. The highest BCUT2D eigenvalue weighted by molar-refractivity contribution is 5.32. The van der Waals surface area contributed by atoms with Crippen molar-refractivity contribution < 1.29 is 14.6 Å². The molecule has 1 aromatic carbocycles. The third-order valence-electron chi connectivity index (χ3n) is 3.90. The fourth-order valence-electron chi connectivity index (χ4n) is 3.18. The van der Waals surface area contributed by atoms with Gasteiger partial charge in [0.2, 0.25) is 0 Å². The predicted molar refractivity (Wildman–Crippen MR) is 83.9 cm³/mol. The quantitative estimate of drug-likeness (QED) is 0.874. The van der Waals surface area contributed by atoms with E-state index < -0.39 is 6.10 Å². The van der Waals surface area contributed by atoms with Crippen molar-refractivity contribution in [2.45, 2.75) is 26.4 Å². The SMILES string of the molecule is COc1cccc(OC[C@@H](O)CN2C[C@@H](C)C[C@H](C)C2)c1. The summed E-state index contributed by atoms with van der Waals surface area (Å²) in [5.41, 5.74) is 0. The van der Waals surface area contributed by atoms with E-state index in [4.69, 9.17) is 9.47 Å². The summed E-state index contributed by atoms with van der Waals surface area (Å²) in [6, 6.07) is 7.46. The number of hydrogen-bond donors (Lipinski definition) is 1. The number of benzene rings is 1. The lowest BCUT2D eigenvalue weighted by atomic mass is 9.92. The van der Waals surface area contributed by atoms with Crippen LogP contribution >= 0.6 is 0 Å². The van der Waals surface area contributed by atoms with Gasteiger partial charge in [0.05, 0.1) is 7.11 Å². The van der Waals surface area contributed by atoms with Crippen LogP contribution in [0.4, 0.5) is 0 Å². The van der Waals surface area contributed by atoms with Gasteiger partial charge < -0.3 is 19.5 Å². The minimum atomic E-state index is -0.464. The molecule has 21 heavy (non-hydrogen) atoms. The van der Waals surface area contributed by atoms with Crippen molar-refractivity contribution in [3.8, 4) is 11.5 Å². The Morgan fingerprint density at radius 3 is 2.57 bits per heavy atom. The van der Waals surface area contributed by atoms with Crippen molar-refractivity contribution in [1.29, 1.82) is 0 Å². The fraction of sp³-hybridized carbons (Fsp3) is 0.647. The average molecular weight is 293 g/mol. The van der Waals surface area contributed by atoms with E-state index in [2.05, 4.69) is 18.7 Å². The largest absolute Gasteiger partial charge is 0.497 e. The number of piperidine rings is 1. The highest BCUT2D eigenvalue weighted by Crippen LogP contribution is 2.21. The molecule has 3 atom stereocenters. The summed E-state index contributed by atoms with van der Waals surface area (Å²) in [5, 5.41) is 10.2. The van der Waals surface area contributed by atoms with E-state index in [-0.39, 0.29) is 0 Å². The number of nitrogens with zero attached hydrogens (tertiary/aromatic N) is 1. The first-order chi connectivity index (χ1) is 10.1. The van der Waals surface area contributed by atoms with Crippen molar-refractivity contribution in [2.75, 3.05) is 33.4 Å². The van der Waals surface area contributed by atoms with E-state index in [0.29, 0.717) is 25.0 Å². The summed E-state index contributed by atoms with van der Waals surface area (Å²) < 4.78 is 10.8. The van der Waals surface area contributed by atoms with Crippen LogP contribution in [-0.4, -0.2) is 49.5 Å². The van der Waals surface area contributed by atoms with Crippen LogP contribution in [0.15, 0.2) is 24.3 Å². The Hall–Kier alpha value is -1.26. The molecule has 1 aliphatic rings. The Morgan fingerprint density at radius 2 is 1.90 bits per heavy atom. The van der Waals surface area contributed by atoms with Gasteiger partial charge in [0.25, 0.3) is 0 Å². The Kier molecular flexibility index (Phi) is 5.88. The maximum atomic E-state index is 10.2. The number of aliphatic hydroxyl groups is 1. The van der Waals surface area contributed by atoms with Gasteiger partial charge in [0.15, 0.2) is 0 Å². The van der Waals surface area contributed by atoms with Gasteiger partial charge in [-0.05, 0) is 30.4 Å². The Morgan fingerprint density at radius 1 is 1.24 bits per heavy atom. The number of likely N-dealkylation sites (tertiary alicyclic amines) is 1. The molecule has 0 aliphatic carbocycles. The summed E-state index contributed by atoms with van der Waals surface area (Å²) in [5.74, 6) is 2.91. The van der Waals surface area contributed by atoms with E-state index >= 15 is 0 Å². The smallest absolute Gasteiger partial charge is 0.123 e. The third kappa shape index (κ3) is 5.21. The van der Waals surface area contributed by atoms with Crippen LogP contribution < -0.4 is 9.47 Å². The first-order valence-electron chi connectivity index (χ1n) is 7.74. The van der Waals surface area contributed by atoms with Crippen LogP contribution in [0.25, 0.3) is 0 Å². The van der Waals surface area contributed by atoms with Crippen LogP contribution in [0.3, 0.4) is 0 Å².